The van der Waals surface area contributed by atoms with Crippen LogP contribution in [0.2, 0.25) is 0 Å². The highest BCUT2D eigenvalue weighted by atomic mass is 32.2. The van der Waals surface area contributed by atoms with Crippen molar-refractivity contribution >= 4 is 27.7 Å². The number of pyridine rings is 1. The number of hydrogen-bond acceptors (Lipinski definition) is 5. The number of nitrogens with one attached hydrogen (secondary N) is 1. The lowest BCUT2D eigenvalue weighted by Crippen LogP contribution is -3.12. The van der Waals surface area contributed by atoms with E-state index in [4.69, 9.17) is 0 Å². The maximum Gasteiger partial charge on any atom is 0.245 e. The molecule has 0 bridgehead atoms. The molecule has 0 aromatic carbocycles. The summed E-state index contributed by atoms with van der Waals surface area (Å²) in [4.78, 5) is 20.1. The molecule has 1 aromatic rings. The van der Waals surface area contributed by atoms with Crippen LogP contribution in [-0.2, 0) is 14.8 Å². The molecule has 9 heteroatoms. The lowest BCUT2D eigenvalue weighted by Gasteiger charge is -2.29. The number of amides is 1. The second-order valence-corrected chi connectivity index (χ2v) is 10.3. The average molecular weight is 400 g/mol. The summed E-state index contributed by atoms with van der Waals surface area (Å²) < 4.78 is 27.0. The number of aromatic nitrogens is 1. The molecule has 2 aliphatic heterocycles. The van der Waals surface area contributed by atoms with Gasteiger partial charge in [0.2, 0.25) is 15.9 Å². The fourth-order valence-electron chi connectivity index (χ4n) is 3.27. The van der Waals surface area contributed by atoms with Crippen LogP contribution in [0.1, 0.15) is 19.8 Å². The van der Waals surface area contributed by atoms with Gasteiger partial charge in [-0.3, -0.25) is 4.79 Å². The number of carbonyl (C=O) groups is 1. The lowest BCUT2D eigenvalue weighted by atomic mass is 10.4. The van der Waals surface area contributed by atoms with Crippen molar-refractivity contribution in [2.45, 2.75) is 34.9 Å². The summed E-state index contributed by atoms with van der Waals surface area (Å²) in [5.41, 5.74) is 0. The Morgan fingerprint density at radius 3 is 2.42 bits per heavy atom. The lowest BCUT2D eigenvalue weighted by molar-refractivity contribution is -0.883. The highest BCUT2D eigenvalue weighted by Crippen LogP contribution is 2.25. The van der Waals surface area contributed by atoms with Gasteiger partial charge in [0.05, 0.1) is 43.5 Å². The van der Waals surface area contributed by atoms with Crippen LogP contribution in [0.5, 0.6) is 0 Å². The molecular formula is C17H27N4O3S2+. The highest BCUT2D eigenvalue weighted by Gasteiger charge is 2.29. The predicted molar refractivity (Wildman–Crippen MR) is 101 cm³/mol. The third kappa shape index (κ3) is 4.39. The molecule has 0 spiro atoms. The number of rotatable bonds is 5. The smallest absolute Gasteiger partial charge is 0.245 e. The van der Waals surface area contributed by atoms with Crippen LogP contribution in [0.25, 0.3) is 0 Å². The van der Waals surface area contributed by atoms with Crippen LogP contribution in [0.15, 0.2) is 28.3 Å². The molecule has 2 aliphatic rings. The van der Waals surface area contributed by atoms with E-state index in [2.05, 4.69) is 12.0 Å². The Kier molecular flexibility index (Phi) is 6.21. The van der Waals surface area contributed by atoms with Crippen LogP contribution in [0.4, 0.5) is 0 Å². The maximum absolute atomic E-state index is 12.7. The molecule has 1 amide bonds. The minimum atomic E-state index is -3.49. The fraction of sp³-hybridized carbons (Fsp3) is 0.647. The van der Waals surface area contributed by atoms with Crippen LogP contribution in [-0.4, -0.2) is 80.1 Å². The summed E-state index contributed by atoms with van der Waals surface area (Å²) in [5, 5.41) is 0.454. The third-order valence-electron chi connectivity index (χ3n) is 4.99. The van der Waals surface area contributed by atoms with Gasteiger partial charge in [-0.05, 0) is 31.9 Å². The predicted octanol–water partition coefficient (Wildman–Crippen LogP) is -0.296. The molecule has 0 unspecified atom stereocenters. The van der Waals surface area contributed by atoms with Gasteiger partial charge in [0.15, 0.2) is 0 Å². The van der Waals surface area contributed by atoms with Crippen molar-refractivity contribution in [3.63, 3.8) is 0 Å². The van der Waals surface area contributed by atoms with Gasteiger partial charge in [0.1, 0.15) is 4.90 Å². The van der Waals surface area contributed by atoms with Gasteiger partial charge in [0, 0.05) is 19.3 Å². The van der Waals surface area contributed by atoms with E-state index in [1.807, 2.05) is 11.8 Å². The minimum Gasteiger partial charge on any atom is -0.342 e. The van der Waals surface area contributed by atoms with E-state index in [-0.39, 0.29) is 16.1 Å². The first-order chi connectivity index (χ1) is 12.4. The van der Waals surface area contributed by atoms with Crippen molar-refractivity contribution in [2.75, 3.05) is 46.3 Å². The van der Waals surface area contributed by atoms with Crippen molar-refractivity contribution in [2.24, 2.45) is 0 Å². The Balaban J connectivity index is 1.63. The average Bonchev–Trinajstić information content (AvgIpc) is 3.16. The zero-order valence-electron chi connectivity index (χ0n) is 15.3. The Bertz CT molecular complexity index is 725. The van der Waals surface area contributed by atoms with Crippen LogP contribution < -0.4 is 4.90 Å². The summed E-state index contributed by atoms with van der Waals surface area (Å²) in [5.74, 6) is 0.130. The second kappa shape index (κ2) is 8.24. The SMILES string of the molecule is C[C@@H](Sc1ccc(S(=O)(=O)N2CC[NH+](C)CC2)cn1)C(=O)N1CCCC1. The van der Waals surface area contributed by atoms with E-state index >= 15 is 0 Å². The quantitative estimate of drug-likeness (QED) is 0.689. The molecule has 0 radical (unpaired) electrons. The van der Waals surface area contributed by atoms with Crippen molar-refractivity contribution < 1.29 is 18.1 Å². The van der Waals surface area contributed by atoms with E-state index in [0.717, 1.165) is 39.0 Å². The number of likely N-dealkylation sites (N-methyl/N-ethyl adjacent to an activating group) is 1. The molecule has 1 N–H and O–H groups in total. The summed E-state index contributed by atoms with van der Waals surface area (Å²) in [7, 11) is -1.42. The molecule has 1 aromatic heterocycles. The maximum atomic E-state index is 12.7. The Hall–Kier alpha value is -1.16. The van der Waals surface area contributed by atoms with E-state index in [1.165, 1.54) is 27.2 Å². The van der Waals surface area contributed by atoms with Gasteiger partial charge < -0.3 is 9.80 Å². The Morgan fingerprint density at radius 1 is 1.19 bits per heavy atom. The summed E-state index contributed by atoms with van der Waals surface area (Å²) in [6, 6.07) is 3.30. The van der Waals surface area contributed by atoms with Crippen molar-refractivity contribution in [3.8, 4) is 0 Å². The topological polar surface area (TPSA) is 75.0 Å². The van der Waals surface area contributed by atoms with E-state index < -0.39 is 10.0 Å². The Morgan fingerprint density at radius 2 is 1.85 bits per heavy atom. The molecule has 0 saturated carbocycles. The van der Waals surface area contributed by atoms with Crippen LogP contribution in [0.3, 0.4) is 0 Å². The van der Waals surface area contributed by atoms with Gasteiger partial charge in [-0.15, -0.1) is 0 Å². The number of carbonyl (C=O) groups excluding carboxylic acids is 1. The van der Waals surface area contributed by atoms with Crippen LogP contribution >= 0.6 is 11.8 Å². The molecular weight excluding hydrogens is 372 g/mol. The molecule has 3 rings (SSSR count). The summed E-state index contributed by atoms with van der Waals surface area (Å²) in [6.45, 7) is 6.25. The summed E-state index contributed by atoms with van der Waals surface area (Å²) >= 11 is 1.38. The van der Waals surface area contributed by atoms with Gasteiger partial charge in [-0.2, -0.15) is 4.31 Å². The highest BCUT2D eigenvalue weighted by molar-refractivity contribution is 8.00. The molecule has 3 heterocycles. The first-order valence-electron chi connectivity index (χ1n) is 9.11. The second-order valence-electron chi connectivity index (χ2n) is 6.99. The number of sulfonamides is 1. The van der Waals surface area contributed by atoms with Crippen LogP contribution in [0, 0.1) is 0 Å². The zero-order valence-corrected chi connectivity index (χ0v) is 17.0. The van der Waals surface area contributed by atoms with E-state index in [1.54, 1.807) is 12.1 Å². The van der Waals surface area contributed by atoms with Gasteiger partial charge in [-0.25, -0.2) is 13.4 Å². The van der Waals surface area contributed by atoms with Gasteiger partial charge in [-0.1, -0.05) is 11.8 Å². The molecule has 26 heavy (non-hydrogen) atoms. The first kappa shape index (κ1) is 19.6. The van der Waals surface area contributed by atoms with Crippen molar-refractivity contribution in [1.82, 2.24) is 14.2 Å². The van der Waals surface area contributed by atoms with E-state index in [0.29, 0.717) is 18.1 Å². The molecule has 7 nitrogen and oxygen atoms in total. The molecule has 2 fully saturated rings. The molecule has 2 saturated heterocycles. The van der Waals surface area contributed by atoms with Gasteiger partial charge >= 0.3 is 0 Å². The first-order valence-corrected chi connectivity index (χ1v) is 11.4. The summed E-state index contributed by atoms with van der Waals surface area (Å²) in [6.07, 6.45) is 3.55. The Labute approximate surface area is 159 Å². The standard InChI is InChI=1S/C17H26N4O3S2/c1-14(17(22)20-7-3-4-8-20)25-16-6-5-15(13-18-16)26(23,24)21-11-9-19(2)10-12-21/h5-6,13-14H,3-4,7-12H2,1-2H3/p+1/t14-/m1/s1. The number of nitrogens with zero attached hydrogens (tertiary/aromatic N) is 3. The number of piperazine rings is 1. The molecule has 0 aliphatic carbocycles. The van der Waals surface area contributed by atoms with Gasteiger partial charge in [0.25, 0.3) is 0 Å². The number of quaternary nitrogens is 1. The zero-order chi connectivity index (χ0) is 18.7. The molecule has 1 atom stereocenters. The largest absolute Gasteiger partial charge is 0.342 e. The minimum absolute atomic E-state index is 0.130. The fourth-order valence-corrected chi connectivity index (χ4v) is 5.53. The van der Waals surface area contributed by atoms with E-state index in [9.17, 15) is 13.2 Å². The van der Waals surface area contributed by atoms with Crippen molar-refractivity contribution in [3.05, 3.63) is 18.3 Å². The normalized spacial score (nSPS) is 21.1. The number of thioether (sulfide) groups is 1. The number of hydrogen-bond donors (Lipinski definition) is 1. The van der Waals surface area contributed by atoms with Crippen molar-refractivity contribution in [1.29, 1.82) is 0 Å². The monoisotopic (exact) mass is 399 g/mol. The molecule has 144 valence electrons. The number of likely N-dealkylation sites (tertiary alicyclic amines) is 1. The third-order valence-corrected chi connectivity index (χ3v) is 7.91.